The Morgan fingerprint density at radius 1 is 1.45 bits per heavy atom. The number of carboxylic acid groups (broad SMARTS) is 1. The smallest absolute Gasteiger partial charge is 0.303 e. The van der Waals surface area contributed by atoms with Crippen LogP contribution in [-0.2, 0) is 14.3 Å². The maximum atomic E-state index is 12.0. The van der Waals surface area contributed by atoms with Crippen LogP contribution in [0.5, 0.6) is 0 Å². The molecule has 7 nitrogen and oxygen atoms in total. The number of amides is 1. The first-order chi connectivity index (χ1) is 10.5. The molecule has 1 aliphatic rings. The quantitative estimate of drug-likeness (QED) is 0.849. The molecule has 0 spiro atoms. The molecule has 0 aromatic carbocycles. The highest BCUT2D eigenvalue weighted by atomic mass is 16.5. The van der Waals surface area contributed by atoms with Crippen molar-refractivity contribution in [1.82, 2.24) is 9.88 Å². The third-order valence-electron chi connectivity index (χ3n) is 3.56. The molecule has 1 atom stereocenters. The number of pyridine rings is 1. The van der Waals surface area contributed by atoms with Gasteiger partial charge in [-0.2, -0.15) is 0 Å². The fourth-order valence-electron chi connectivity index (χ4n) is 2.43. The van der Waals surface area contributed by atoms with E-state index in [1.807, 2.05) is 26.1 Å². The predicted molar refractivity (Wildman–Crippen MR) is 80.7 cm³/mol. The lowest BCUT2D eigenvalue weighted by molar-refractivity contribution is -0.144. The lowest BCUT2D eigenvalue weighted by atomic mass is 10.1. The number of morpholine rings is 1. The van der Waals surface area contributed by atoms with E-state index in [2.05, 4.69) is 10.3 Å². The first-order valence-corrected chi connectivity index (χ1v) is 7.27. The van der Waals surface area contributed by atoms with Gasteiger partial charge in [-0.3, -0.25) is 14.6 Å². The molecule has 0 bridgehead atoms. The first kappa shape index (κ1) is 16.2. The van der Waals surface area contributed by atoms with Gasteiger partial charge in [0.25, 0.3) is 0 Å². The van der Waals surface area contributed by atoms with Gasteiger partial charge in [0.05, 0.1) is 25.3 Å². The summed E-state index contributed by atoms with van der Waals surface area (Å²) in [4.78, 5) is 28.7. The fraction of sp³-hybridized carbons (Fsp3) is 0.533. The van der Waals surface area contributed by atoms with Crippen LogP contribution in [0.4, 0.5) is 5.69 Å². The van der Waals surface area contributed by atoms with Gasteiger partial charge < -0.3 is 20.1 Å². The third-order valence-corrected chi connectivity index (χ3v) is 3.56. The Kier molecular flexibility index (Phi) is 5.32. The Hall–Kier alpha value is -2.15. The van der Waals surface area contributed by atoms with E-state index in [-0.39, 0.29) is 24.9 Å². The molecule has 2 heterocycles. The Balaban J connectivity index is 2.05. The van der Waals surface area contributed by atoms with Gasteiger partial charge in [-0.15, -0.1) is 0 Å². The molecule has 0 radical (unpaired) electrons. The van der Waals surface area contributed by atoms with Gasteiger partial charge in [0.2, 0.25) is 5.91 Å². The number of aromatic nitrogens is 1. The van der Waals surface area contributed by atoms with E-state index in [4.69, 9.17) is 9.84 Å². The van der Waals surface area contributed by atoms with Crippen molar-refractivity contribution in [2.75, 3.05) is 32.1 Å². The molecule has 22 heavy (non-hydrogen) atoms. The van der Waals surface area contributed by atoms with Crippen molar-refractivity contribution < 1.29 is 19.4 Å². The van der Waals surface area contributed by atoms with Crippen LogP contribution in [0.25, 0.3) is 0 Å². The maximum absolute atomic E-state index is 12.0. The number of anilines is 1. The van der Waals surface area contributed by atoms with Gasteiger partial charge in [-0.05, 0) is 19.1 Å². The first-order valence-electron chi connectivity index (χ1n) is 7.27. The zero-order valence-electron chi connectivity index (χ0n) is 12.8. The Bertz CT molecular complexity index is 562. The molecule has 2 rings (SSSR count). The normalized spacial score (nSPS) is 18.1. The number of carbonyl (C=O) groups is 2. The average Bonchev–Trinajstić information content (AvgIpc) is 2.52. The summed E-state index contributed by atoms with van der Waals surface area (Å²) in [5, 5.41) is 11.7. The molecule has 1 aliphatic heterocycles. The van der Waals surface area contributed by atoms with Crippen molar-refractivity contribution in [2.45, 2.75) is 25.9 Å². The maximum Gasteiger partial charge on any atom is 0.303 e. The molecule has 0 saturated carbocycles. The summed E-state index contributed by atoms with van der Waals surface area (Å²) >= 11 is 0. The number of nitrogens with one attached hydrogen (secondary N) is 1. The Morgan fingerprint density at radius 3 is 2.91 bits per heavy atom. The van der Waals surface area contributed by atoms with Crippen LogP contribution >= 0.6 is 0 Å². The number of rotatable bonds is 5. The zero-order chi connectivity index (χ0) is 16.1. The molecular formula is C15H21N3O4. The SMILES string of the molecule is CNc1cc(C)nc([C@@H]2CN(C(=O)CCC(=O)O)CCO2)c1. The molecule has 1 fully saturated rings. The average molecular weight is 307 g/mol. The molecule has 120 valence electrons. The van der Waals surface area contributed by atoms with E-state index in [0.717, 1.165) is 17.1 Å². The topological polar surface area (TPSA) is 91.8 Å². The van der Waals surface area contributed by atoms with E-state index in [1.54, 1.807) is 4.90 Å². The zero-order valence-corrected chi connectivity index (χ0v) is 12.8. The Labute approximate surface area is 129 Å². The highest BCUT2D eigenvalue weighted by Crippen LogP contribution is 2.24. The summed E-state index contributed by atoms with van der Waals surface area (Å²) in [5.74, 6) is -1.12. The predicted octanol–water partition coefficient (Wildman–Crippen LogP) is 1.20. The van der Waals surface area contributed by atoms with Crippen LogP contribution in [0.2, 0.25) is 0 Å². The number of aliphatic carboxylic acids is 1. The van der Waals surface area contributed by atoms with Crippen molar-refractivity contribution in [3.63, 3.8) is 0 Å². The van der Waals surface area contributed by atoms with Crippen LogP contribution in [0, 0.1) is 6.92 Å². The van der Waals surface area contributed by atoms with E-state index in [0.29, 0.717) is 19.7 Å². The number of hydrogen-bond acceptors (Lipinski definition) is 5. The second-order valence-electron chi connectivity index (χ2n) is 5.26. The molecule has 1 amide bonds. The lowest BCUT2D eigenvalue weighted by Crippen LogP contribution is -2.42. The molecular weight excluding hydrogens is 286 g/mol. The summed E-state index contributed by atoms with van der Waals surface area (Å²) in [6.45, 7) is 3.22. The summed E-state index contributed by atoms with van der Waals surface area (Å²) in [5.41, 5.74) is 2.60. The highest BCUT2D eigenvalue weighted by molar-refractivity contribution is 5.80. The van der Waals surface area contributed by atoms with Gasteiger partial charge >= 0.3 is 5.97 Å². The summed E-state index contributed by atoms with van der Waals surface area (Å²) in [7, 11) is 1.84. The number of aryl methyl sites for hydroxylation is 1. The number of carboxylic acids is 1. The number of carbonyl (C=O) groups excluding carboxylic acids is 1. The summed E-state index contributed by atoms with van der Waals surface area (Å²) in [6.07, 6.45) is -0.409. The summed E-state index contributed by atoms with van der Waals surface area (Å²) in [6, 6.07) is 3.84. The van der Waals surface area contributed by atoms with E-state index in [1.165, 1.54) is 0 Å². The van der Waals surface area contributed by atoms with Gasteiger partial charge in [-0.1, -0.05) is 0 Å². The standard InChI is InChI=1S/C15H21N3O4/c1-10-7-11(16-2)8-12(17-10)13-9-18(5-6-22-13)14(19)3-4-15(20)21/h7-8,13H,3-6,9H2,1-2H3,(H,16,17)(H,20,21)/t13-/m0/s1. The largest absolute Gasteiger partial charge is 0.481 e. The molecule has 2 N–H and O–H groups in total. The van der Waals surface area contributed by atoms with Gasteiger partial charge in [-0.25, -0.2) is 0 Å². The van der Waals surface area contributed by atoms with Crippen molar-refractivity contribution in [3.05, 3.63) is 23.5 Å². The molecule has 0 unspecified atom stereocenters. The number of nitrogens with zero attached hydrogens (tertiary/aromatic N) is 2. The lowest BCUT2D eigenvalue weighted by Gasteiger charge is -2.33. The van der Waals surface area contributed by atoms with Crippen LogP contribution < -0.4 is 5.32 Å². The van der Waals surface area contributed by atoms with Crippen LogP contribution in [0.1, 0.15) is 30.3 Å². The second-order valence-corrected chi connectivity index (χ2v) is 5.26. The van der Waals surface area contributed by atoms with Crippen molar-refractivity contribution in [1.29, 1.82) is 0 Å². The number of ether oxygens (including phenoxy) is 1. The van der Waals surface area contributed by atoms with Crippen molar-refractivity contribution in [2.24, 2.45) is 0 Å². The van der Waals surface area contributed by atoms with E-state index in [9.17, 15) is 9.59 Å². The van der Waals surface area contributed by atoms with E-state index >= 15 is 0 Å². The molecule has 1 aromatic heterocycles. The van der Waals surface area contributed by atoms with Crippen molar-refractivity contribution >= 4 is 17.6 Å². The monoisotopic (exact) mass is 307 g/mol. The van der Waals surface area contributed by atoms with Crippen LogP contribution in [0.3, 0.4) is 0 Å². The Morgan fingerprint density at radius 2 is 2.23 bits per heavy atom. The van der Waals surface area contributed by atoms with Gasteiger partial charge in [0.1, 0.15) is 6.10 Å². The van der Waals surface area contributed by atoms with Crippen molar-refractivity contribution in [3.8, 4) is 0 Å². The minimum atomic E-state index is -0.961. The fourth-order valence-corrected chi connectivity index (χ4v) is 2.43. The van der Waals surface area contributed by atoms with E-state index < -0.39 is 5.97 Å². The molecule has 1 saturated heterocycles. The highest BCUT2D eigenvalue weighted by Gasteiger charge is 2.26. The van der Waals surface area contributed by atoms with Gasteiger partial charge in [0, 0.05) is 31.4 Å². The minimum Gasteiger partial charge on any atom is -0.481 e. The minimum absolute atomic E-state index is 0.0189. The molecule has 1 aromatic rings. The second kappa shape index (κ2) is 7.22. The van der Waals surface area contributed by atoms with Crippen LogP contribution in [0.15, 0.2) is 12.1 Å². The number of hydrogen-bond donors (Lipinski definition) is 2. The van der Waals surface area contributed by atoms with Gasteiger partial charge in [0.15, 0.2) is 0 Å². The van der Waals surface area contributed by atoms with Crippen LogP contribution in [-0.4, -0.2) is 53.6 Å². The summed E-state index contributed by atoms with van der Waals surface area (Å²) < 4.78 is 5.72. The third kappa shape index (κ3) is 4.17. The molecule has 0 aliphatic carbocycles. The molecule has 7 heteroatoms.